The molecule has 2 fully saturated rings. The van der Waals surface area contributed by atoms with E-state index in [2.05, 4.69) is 45.5 Å². The van der Waals surface area contributed by atoms with Gasteiger partial charge in [-0.25, -0.2) is 0 Å². The van der Waals surface area contributed by atoms with Gasteiger partial charge >= 0.3 is 0 Å². The van der Waals surface area contributed by atoms with Gasteiger partial charge in [-0.15, -0.1) is 0 Å². The molecule has 3 heterocycles. The summed E-state index contributed by atoms with van der Waals surface area (Å²) >= 11 is 0. The molecule has 24 heavy (non-hydrogen) atoms. The summed E-state index contributed by atoms with van der Waals surface area (Å²) in [7, 11) is 0. The van der Waals surface area contributed by atoms with Crippen molar-refractivity contribution in [2.45, 2.75) is 37.3 Å². The number of carbonyl (C=O) groups is 1. The van der Waals surface area contributed by atoms with E-state index < -0.39 is 0 Å². The van der Waals surface area contributed by atoms with Gasteiger partial charge < -0.3 is 5.32 Å². The lowest BCUT2D eigenvalue weighted by molar-refractivity contribution is -0.120. The number of pyridine rings is 1. The Balaban J connectivity index is 1.47. The van der Waals surface area contributed by atoms with Gasteiger partial charge in [-0.2, -0.15) is 0 Å². The van der Waals surface area contributed by atoms with Gasteiger partial charge in [0, 0.05) is 49.9 Å². The Labute approximate surface area is 142 Å². The molecule has 1 aromatic heterocycles. The molecule has 0 aliphatic carbocycles. The minimum Gasteiger partial charge on any atom is -0.350 e. The summed E-state index contributed by atoms with van der Waals surface area (Å²) in [4.78, 5) is 18.8. The molecular formula is C20H23N3O. The highest BCUT2D eigenvalue weighted by Crippen LogP contribution is 2.43. The number of carbonyl (C=O) groups excluding carboxylic acids is 1. The maximum atomic E-state index is 12.1. The Kier molecular flexibility index (Phi) is 4.07. The van der Waals surface area contributed by atoms with Crippen molar-refractivity contribution >= 4 is 5.91 Å². The normalized spacial score (nSPS) is 23.3. The van der Waals surface area contributed by atoms with Gasteiger partial charge in [0.2, 0.25) is 5.91 Å². The summed E-state index contributed by atoms with van der Waals surface area (Å²) in [5.41, 5.74) is 2.48. The Bertz CT molecular complexity index is 693. The van der Waals surface area contributed by atoms with Gasteiger partial charge in [-0.3, -0.25) is 14.7 Å². The van der Waals surface area contributed by atoms with Crippen LogP contribution < -0.4 is 5.32 Å². The second-order valence-electron chi connectivity index (χ2n) is 7.01. The van der Waals surface area contributed by atoms with Crippen LogP contribution in [0.2, 0.25) is 0 Å². The number of aromatic nitrogens is 1. The fourth-order valence-corrected chi connectivity index (χ4v) is 4.25. The number of nitrogens with one attached hydrogen (secondary N) is 1. The van der Waals surface area contributed by atoms with Crippen LogP contribution in [0, 0.1) is 0 Å². The molecule has 0 saturated carbocycles. The molecular weight excluding hydrogens is 298 g/mol. The van der Waals surface area contributed by atoms with Crippen molar-refractivity contribution in [3.05, 3.63) is 66.0 Å². The highest BCUT2D eigenvalue weighted by atomic mass is 16.2. The summed E-state index contributed by atoms with van der Waals surface area (Å²) in [5, 5.41) is 3.32. The third-order valence-corrected chi connectivity index (χ3v) is 5.52. The van der Waals surface area contributed by atoms with E-state index in [-0.39, 0.29) is 11.4 Å². The topological polar surface area (TPSA) is 45.2 Å². The van der Waals surface area contributed by atoms with E-state index in [1.165, 1.54) is 11.1 Å². The molecule has 1 N–H and O–H groups in total. The van der Waals surface area contributed by atoms with Crippen molar-refractivity contribution in [2.24, 2.45) is 0 Å². The standard InChI is InChI=1S/C20H23N3O/c24-19-13-18(17-6-2-1-3-7-17)20(22-19)8-11-23(12-9-20)15-16-5-4-10-21-14-16/h1-7,10,14,18H,8-9,11-13,15H2,(H,22,24)/t18-/m1/s1. The molecule has 0 bridgehead atoms. The van der Waals surface area contributed by atoms with Gasteiger partial charge in [0.15, 0.2) is 0 Å². The minimum atomic E-state index is -0.0656. The van der Waals surface area contributed by atoms with Crippen LogP contribution in [0.1, 0.15) is 36.3 Å². The van der Waals surface area contributed by atoms with Gasteiger partial charge in [0.1, 0.15) is 0 Å². The summed E-state index contributed by atoms with van der Waals surface area (Å²) in [5.74, 6) is 0.497. The molecule has 4 heteroatoms. The van der Waals surface area contributed by atoms with E-state index in [9.17, 15) is 4.79 Å². The number of benzene rings is 1. The lowest BCUT2D eigenvalue weighted by atomic mass is 9.74. The summed E-state index contributed by atoms with van der Waals surface area (Å²) in [6, 6.07) is 14.6. The molecule has 4 nitrogen and oxygen atoms in total. The molecule has 4 rings (SSSR count). The van der Waals surface area contributed by atoms with E-state index in [0.29, 0.717) is 12.3 Å². The molecule has 2 aromatic rings. The average Bonchev–Trinajstić information content (AvgIpc) is 2.95. The van der Waals surface area contributed by atoms with E-state index in [0.717, 1.165) is 32.5 Å². The van der Waals surface area contributed by atoms with E-state index in [1.807, 2.05) is 24.5 Å². The molecule has 2 aliphatic heterocycles. The molecule has 124 valence electrons. The van der Waals surface area contributed by atoms with Crippen molar-refractivity contribution in [3.8, 4) is 0 Å². The number of hydrogen-bond acceptors (Lipinski definition) is 3. The quantitative estimate of drug-likeness (QED) is 0.945. The molecule has 1 aromatic carbocycles. The van der Waals surface area contributed by atoms with Gasteiger partial charge in [0.25, 0.3) is 0 Å². The third-order valence-electron chi connectivity index (χ3n) is 5.52. The highest BCUT2D eigenvalue weighted by Gasteiger charge is 2.48. The smallest absolute Gasteiger partial charge is 0.221 e. The Morgan fingerprint density at radius 1 is 1.12 bits per heavy atom. The molecule has 0 unspecified atom stereocenters. The van der Waals surface area contributed by atoms with E-state index in [1.54, 1.807) is 0 Å². The van der Waals surface area contributed by atoms with Crippen molar-refractivity contribution in [1.29, 1.82) is 0 Å². The summed E-state index contributed by atoms with van der Waals surface area (Å²) < 4.78 is 0. The predicted molar refractivity (Wildman–Crippen MR) is 93.4 cm³/mol. The Morgan fingerprint density at radius 3 is 2.62 bits per heavy atom. The van der Waals surface area contributed by atoms with Crippen molar-refractivity contribution in [1.82, 2.24) is 15.2 Å². The van der Waals surface area contributed by atoms with Crippen LogP contribution in [0.3, 0.4) is 0 Å². The average molecular weight is 321 g/mol. The van der Waals surface area contributed by atoms with Crippen LogP contribution >= 0.6 is 0 Å². The Hall–Kier alpha value is -2.20. The largest absolute Gasteiger partial charge is 0.350 e. The molecule has 1 atom stereocenters. The number of amides is 1. The minimum absolute atomic E-state index is 0.0656. The third kappa shape index (κ3) is 2.94. The SMILES string of the molecule is O=C1C[C@H](c2ccccc2)C2(CCN(Cc3cccnc3)CC2)N1. The molecule has 0 radical (unpaired) electrons. The zero-order valence-electron chi connectivity index (χ0n) is 13.8. The monoisotopic (exact) mass is 321 g/mol. The van der Waals surface area contributed by atoms with Crippen LogP contribution in [-0.4, -0.2) is 34.4 Å². The number of nitrogens with zero attached hydrogens (tertiary/aromatic N) is 2. The molecule has 1 spiro atoms. The summed E-state index contributed by atoms with van der Waals surface area (Å²) in [6.45, 7) is 2.96. The molecule has 2 saturated heterocycles. The van der Waals surface area contributed by atoms with Crippen LogP contribution in [0.4, 0.5) is 0 Å². The number of rotatable bonds is 3. The summed E-state index contributed by atoms with van der Waals surface area (Å²) in [6.07, 6.45) is 6.39. The lowest BCUT2D eigenvalue weighted by Gasteiger charge is -2.43. The second-order valence-corrected chi connectivity index (χ2v) is 7.01. The van der Waals surface area contributed by atoms with Crippen LogP contribution in [-0.2, 0) is 11.3 Å². The zero-order valence-corrected chi connectivity index (χ0v) is 13.8. The lowest BCUT2D eigenvalue weighted by Crippen LogP contribution is -2.53. The zero-order chi connectivity index (χ0) is 16.4. The van der Waals surface area contributed by atoms with Crippen LogP contribution in [0.15, 0.2) is 54.9 Å². The Morgan fingerprint density at radius 2 is 1.92 bits per heavy atom. The molecule has 1 amide bonds. The first-order valence-electron chi connectivity index (χ1n) is 8.72. The number of likely N-dealkylation sites (tertiary alicyclic amines) is 1. The first-order valence-corrected chi connectivity index (χ1v) is 8.72. The van der Waals surface area contributed by atoms with Gasteiger partial charge in [-0.05, 0) is 30.0 Å². The van der Waals surface area contributed by atoms with Gasteiger partial charge in [0.05, 0.1) is 0 Å². The number of piperidine rings is 1. The second kappa shape index (κ2) is 6.36. The first-order chi connectivity index (χ1) is 11.8. The molecule has 2 aliphatic rings. The van der Waals surface area contributed by atoms with Crippen molar-refractivity contribution < 1.29 is 4.79 Å². The van der Waals surface area contributed by atoms with E-state index >= 15 is 0 Å². The maximum absolute atomic E-state index is 12.1. The van der Waals surface area contributed by atoms with Gasteiger partial charge in [-0.1, -0.05) is 36.4 Å². The first kappa shape index (κ1) is 15.3. The fourth-order valence-electron chi connectivity index (χ4n) is 4.25. The van der Waals surface area contributed by atoms with Crippen LogP contribution in [0.5, 0.6) is 0 Å². The van der Waals surface area contributed by atoms with Crippen molar-refractivity contribution in [2.75, 3.05) is 13.1 Å². The predicted octanol–water partition coefficient (Wildman–Crippen LogP) is 2.72. The fraction of sp³-hybridized carbons (Fsp3) is 0.400. The van der Waals surface area contributed by atoms with Crippen LogP contribution in [0.25, 0.3) is 0 Å². The van der Waals surface area contributed by atoms with E-state index in [4.69, 9.17) is 0 Å². The number of hydrogen-bond donors (Lipinski definition) is 1. The maximum Gasteiger partial charge on any atom is 0.221 e. The van der Waals surface area contributed by atoms with Crippen molar-refractivity contribution in [3.63, 3.8) is 0 Å². The highest BCUT2D eigenvalue weighted by molar-refractivity contribution is 5.81.